The lowest BCUT2D eigenvalue weighted by atomic mass is 10.1. The summed E-state index contributed by atoms with van der Waals surface area (Å²) in [5.74, 6) is -0.387. The summed E-state index contributed by atoms with van der Waals surface area (Å²) < 4.78 is 0. The third-order valence-electron chi connectivity index (χ3n) is 1.64. The highest BCUT2D eigenvalue weighted by Crippen LogP contribution is 1.99. The van der Waals surface area contributed by atoms with Crippen molar-refractivity contribution in [2.75, 3.05) is 6.54 Å². The van der Waals surface area contributed by atoms with E-state index < -0.39 is 6.04 Å². The molecule has 0 saturated carbocycles. The Hall–Kier alpha value is -1.10. The minimum atomic E-state index is -0.525. The molecule has 0 aliphatic rings. The van der Waals surface area contributed by atoms with Gasteiger partial charge in [-0.2, -0.15) is 0 Å². The van der Waals surface area contributed by atoms with Crippen molar-refractivity contribution >= 4 is 11.8 Å². The standard InChI is InChI=1S/C10H21N3O2/c1-7(12-8(14)5-6-11)9(15)13-10(2,3)4/h7H,5-6,11H2,1-4H3,(H,12,14)(H,13,15). The van der Waals surface area contributed by atoms with E-state index in [1.54, 1.807) is 6.92 Å². The molecule has 0 bridgehead atoms. The quantitative estimate of drug-likeness (QED) is 0.605. The third-order valence-corrected chi connectivity index (χ3v) is 1.64. The molecule has 0 heterocycles. The maximum absolute atomic E-state index is 11.5. The number of nitrogens with one attached hydrogen (secondary N) is 2. The average molecular weight is 215 g/mol. The first-order valence-electron chi connectivity index (χ1n) is 5.07. The molecule has 1 atom stereocenters. The van der Waals surface area contributed by atoms with Crippen molar-refractivity contribution in [1.29, 1.82) is 0 Å². The second-order valence-corrected chi connectivity index (χ2v) is 4.57. The highest BCUT2D eigenvalue weighted by molar-refractivity contribution is 5.87. The summed E-state index contributed by atoms with van der Waals surface area (Å²) in [6.07, 6.45) is 0.243. The van der Waals surface area contributed by atoms with Crippen LogP contribution in [0.3, 0.4) is 0 Å². The summed E-state index contributed by atoms with van der Waals surface area (Å²) in [5, 5.41) is 5.35. The number of rotatable bonds is 4. The number of carbonyl (C=O) groups excluding carboxylic acids is 2. The zero-order valence-electron chi connectivity index (χ0n) is 9.89. The normalized spacial score (nSPS) is 13.1. The SMILES string of the molecule is CC(NC(=O)CCN)C(=O)NC(C)(C)C. The minimum absolute atomic E-state index is 0.187. The van der Waals surface area contributed by atoms with Crippen molar-refractivity contribution in [3.8, 4) is 0 Å². The highest BCUT2D eigenvalue weighted by atomic mass is 16.2. The third kappa shape index (κ3) is 6.90. The van der Waals surface area contributed by atoms with Crippen LogP contribution < -0.4 is 16.4 Å². The zero-order valence-corrected chi connectivity index (χ0v) is 9.89. The Kier molecular flexibility index (Phi) is 5.28. The van der Waals surface area contributed by atoms with Crippen molar-refractivity contribution < 1.29 is 9.59 Å². The molecule has 0 aromatic heterocycles. The van der Waals surface area contributed by atoms with E-state index in [0.29, 0.717) is 6.54 Å². The van der Waals surface area contributed by atoms with Crippen molar-refractivity contribution in [2.24, 2.45) is 5.73 Å². The summed E-state index contributed by atoms with van der Waals surface area (Å²) in [7, 11) is 0. The molecule has 0 rings (SSSR count). The Bertz CT molecular complexity index is 233. The Morgan fingerprint density at radius 2 is 1.87 bits per heavy atom. The van der Waals surface area contributed by atoms with Gasteiger partial charge in [-0.3, -0.25) is 9.59 Å². The van der Waals surface area contributed by atoms with Gasteiger partial charge < -0.3 is 16.4 Å². The summed E-state index contributed by atoms with van der Waals surface area (Å²) in [4.78, 5) is 22.7. The largest absolute Gasteiger partial charge is 0.350 e. The van der Waals surface area contributed by atoms with Gasteiger partial charge in [0.15, 0.2) is 0 Å². The first-order chi connectivity index (χ1) is 6.76. The lowest BCUT2D eigenvalue weighted by molar-refractivity contribution is -0.129. The Morgan fingerprint density at radius 1 is 1.33 bits per heavy atom. The van der Waals surface area contributed by atoms with Crippen molar-refractivity contribution in [1.82, 2.24) is 10.6 Å². The lowest BCUT2D eigenvalue weighted by Crippen LogP contribution is -2.51. The molecular formula is C10H21N3O2. The fourth-order valence-electron chi connectivity index (χ4n) is 0.988. The first-order valence-corrected chi connectivity index (χ1v) is 5.07. The van der Waals surface area contributed by atoms with Gasteiger partial charge in [0.1, 0.15) is 6.04 Å². The summed E-state index contributed by atoms with van der Waals surface area (Å²) in [6, 6.07) is -0.525. The van der Waals surface area contributed by atoms with Crippen LogP contribution in [0.4, 0.5) is 0 Å². The fourth-order valence-corrected chi connectivity index (χ4v) is 0.988. The molecule has 0 radical (unpaired) electrons. The molecule has 88 valence electrons. The Morgan fingerprint density at radius 3 is 2.27 bits per heavy atom. The van der Waals surface area contributed by atoms with E-state index in [9.17, 15) is 9.59 Å². The predicted molar refractivity (Wildman–Crippen MR) is 59.2 cm³/mol. The number of hydrogen-bond acceptors (Lipinski definition) is 3. The first kappa shape index (κ1) is 13.9. The summed E-state index contributed by atoms with van der Waals surface area (Å²) in [6.45, 7) is 7.60. The van der Waals surface area contributed by atoms with Crippen LogP contribution in [0.25, 0.3) is 0 Å². The van der Waals surface area contributed by atoms with Gasteiger partial charge in [0.05, 0.1) is 0 Å². The molecule has 15 heavy (non-hydrogen) atoms. The van der Waals surface area contributed by atoms with Gasteiger partial charge in [-0.15, -0.1) is 0 Å². The number of carbonyl (C=O) groups is 2. The van der Waals surface area contributed by atoms with Crippen LogP contribution in [0.15, 0.2) is 0 Å². The molecule has 1 unspecified atom stereocenters. The molecule has 0 fully saturated rings. The van der Waals surface area contributed by atoms with Crippen molar-refractivity contribution in [3.63, 3.8) is 0 Å². The van der Waals surface area contributed by atoms with Crippen LogP contribution in [0.1, 0.15) is 34.1 Å². The van der Waals surface area contributed by atoms with Crippen LogP contribution in [0.2, 0.25) is 0 Å². The van der Waals surface area contributed by atoms with Gasteiger partial charge in [0.25, 0.3) is 0 Å². The molecule has 0 aliphatic carbocycles. The Labute approximate surface area is 90.8 Å². The van der Waals surface area contributed by atoms with E-state index in [0.717, 1.165) is 0 Å². The van der Waals surface area contributed by atoms with Crippen LogP contribution >= 0.6 is 0 Å². The van der Waals surface area contributed by atoms with Gasteiger partial charge >= 0.3 is 0 Å². The molecule has 5 nitrogen and oxygen atoms in total. The van der Waals surface area contributed by atoms with Crippen LogP contribution in [-0.4, -0.2) is 29.9 Å². The van der Waals surface area contributed by atoms with E-state index in [-0.39, 0.29) is 23.8 Å². The van der Waals surface area contributed by atoms with E-state index in [2.05, 4.69) is 10.6 Å². The van der Waals surface area contributed by atoms with Crippen molar-refractivity contribution in [3.05, 3.63) is 0 Å². The van der Waals surface area contributed by atoms with Gasteiger partial charge in [-0.05, 0) is 27.7 Å². The van der Waals surface area contributed by atoms with Crippen LogP contribution in [0, 0.1) is 0 Å². The second kappa shape index (κ2) is 5.70. The fraction of sp³-hybridized carbons (Fsp3) is 0.800. The van der Waals surface area contributed by atoms with E-state index in [4.69, 9.17) is 5.73 Å². The molecule has 0 aliphatic heterocycles. The van der Waals surface area contributed by atoms with Gasteiger partial charge in [0, 0.05) is 18.5 Å². The molecule has 4 N–H and O–H groups in total. The average Bonchev–Trinajstić information content (AvgIpc) is 2.00. The molecule has 0 spiro atoms. The molecule has 5 heteroatoms. The molecule has 2 amide bonds. The maximum atomic E-state index is 11.5. The van der Waals surface area contributed by atoms with Gasteiger partial charge in [-0.25, -0.2) is 0 Å². The van der Waals surface area contributed by atoms with E-state index in [1.165, 1.54) is 0 Å². The summed E-state index contributed by atoms with van der Waals surface area (Å²) >= 11 is 0. The van der Waals surface area contributed by atoms with Gasteiger partial charge in [0.2, 0.25) is 11.8 Å². The predicted octanol–water partition coefficient (Wildman–Crippen LogP) is -0.245. The topological polar surface area (TPSA) is 84.2 Å². The van der Waals surface area contributed by atoms with Crippen LogP contribution in [-0.2, 0) is 9.59 Å². The summed E-state index contributed by atoms with van der Waals surface area (Å²) in [5.41, 5.74) is 4.93. The maximum Gasteiger partial charge on any atom is 0.242 e. The highest BCUT2D eigenvalue weighted by Gasteiger charge is 2.20. The Balaban J connectivity index is 4.05. The van der Waals surface area contributed by atoms with E-state index >= 15 is 0 Å². The van der Waals surface area contributed by atoms with Crippen LogP contribution in [0.5, 0.6) is 0 Å². The smallest absolute Gasteiger partial charge is 0.242 e. The number of hydrogen-bond donors (Lipinski definition) is 3. The zero-order chi connectivity index (χ0) is 12.1. The van der Waals surface area contributed by atoms with E-state index in [1.807, 2.05) is 20.8 Å². The second-order valence-electron chi connectivity index (χ2n) is 4.57. The number of nitrogens with two attached hydrogens (primary N) is 1. The molecule has 0 aromatic rings. The number of amides is 2. The lowest BCUT2D eigenvalue weighted by Gasteiger charge is -2.23. The van der Waals surface area contributed by atoms with Crippen molar-refractivity contribution in [2.45, 2.75) is 45.7 Å². The minimum Gasteiger partial charge on any atom is -0.350 e. The molecular weight excluding hydrogens is 194 g/mol. The van der Waals surface area contributed by atoms with Gasteiger partial charge in [-0.1, -0.05) is 0 Å². The molecule has 0 aromatic carbocycles. The monoisotopic (exact) mass is 215 g/mol. The molecule has 0 saturated heterocycles.